The Bertz CT molecular complexity index is 1210. The van der Waals surface area contributed by atoms with Gasteiger partial charge in [0.15, 0.2) is 11.6 Å². The van der Waals surface area contributed by atoms with Gasteiger partial charge in [-0.2, -0.15) is 5.10 Å². The van der Waals surface area contributed by atoms with Crippen LogP contribution in [0.4, 0.5) is 21.7 Å². The lowest BCUT2D eigenvalue weighted by Gasteiger charge is -2.30. The summed E-state index contributed by atoms with van der Waals surface area (Å²) in [5.74, 6) is -1.13. The molecule has 186 valence electrons. The van der Waals surface area contributed by atoms with Crippen molar-refractivity contribution in [2.24, 2.45) is 11.5 Å². The number of amides is 1. The lowest BCUT2D eigenvalue weighted by molar-refractivity contribution is 0.100. The molecule has 0 bridgehead atoms. The topological polar surface area (TPSA) is 127 Å². The van der Waals surface area contributed by atoms with Crippen LogP contribution in [0.2, 0.25) is 0 Å². The fourth-order valence-corrected chi connectivity index (χ4v) is 5.15. The third kappa shape index (κ3) is 5.08. The SMILES string of the molecule is NC(=O)c1cc(F)c(NC2CCCCC2N)nc1Nc1cccc2c1cnn2CCN1CCCC1. The number of anilines is 3. The average molecular weight is 481 g/mol. The van der Waals surface area contributed by atoms with Crippen LogP contribution in [0, 0.1) is 5.82 Å². The minimum atomic E-state index is -0.756. The molecular formula is C25H33FN8O. The summed E-state index contributed by atoms with van der Waals surface area (Å²) in [6.07, 6.45) is 8.13. The molecule has 2 atom stereocenters. The number of nitrogens with one attached hydrogen (secondary N) is 2. The first kappa shape index (κ1) is 23.5. The summed E-state index contributed by atoms with van der Waals surface area (Å²) in [6, 6.07) is 6.81. The van der Waals surface area contributed by atoms with E-state index in [1.54, 1.807) is 6.20 Å². The minimum absolute atomic E-state index is 0.0144. The lowest BCUT2D eigenvalue weighted by atomic mass is 9.91. The normalized spacial score (nSPS) is 20.9. The number of hydrogen-bond acceptors (Lipinski definition) is 7. The number of primary amides is 1. The van der Waals surface area contributed by atoms with Gasteiger partial charge in [0, 0.05) is 24.0 Å². The van der Waals surface area contributed by atoms with Crippen LogP contribution < -0.4 is 22.1 Å². The van der Waals surface area contributed by atoms with Crippen molar-refractivity contribution in [1.82, 2.24) is 19.7 Å². The van der Waals surface area contributed by atoms with Crippen LogP contribution in [0.25, 0.3) is 10.9 Å². The van der Waals surface area contributed by atoms with Crippen molar-refractivity contribution < 1.29 is 9.18 Å². The second-order valence-corrected chi connectivity index (χ2v) is 9.56. The van der Waals surface area contributed by atoms with Crippen LogP contribution >= 0.6 is 0 Å². The fraction of sp³-hybridized carbons (Fsp3) is 0.480. The Morgan fingerprint density at radius 2 is 1.91 bits per heavy atom. The highest BCUT2D eigenvalue weighted by Gasteiger charge is 2.25. The number of fused-ring (bicyclic) bond motifs is 1. The number of benzene rings is 1. The predicted molar refractivity (Wildman–Crippen MR) is 135 cm³/mol. The van der Waals surface area contributed by atoms with Crippen molar-refractivity contribution >= 4 is 34.1 Å². The van der Waals surface area contributed by atoms with Crippen LogP contribution in [-0.2, 0) is 6.54 Å². The Kier molecular flexibility index (Phi) is 6.83. The van der Waals surface area contributed by atoms with Crippen LogP contribution in [0.1, 0.15) is 48.9 Å². The van der Waals surface area contributed by atoms with E-state index in [0.717, 1.165) is 74.5 Å². The van der Waals surface area contributed by atoms with Gasteiger partial charge < -0.3 is 27.0 Å². The molecule has 0 radical (unpaired) electrons. The monoisotopic (exact) mass is 480 g/mol. The molecule has 3 heterocycles. The van der Waals surface area contributed by atoms with Gasteiger partial charge in [-0.1, -0.05) is 18.9 Å². The maximum Gasteiger partial charge on any atom is 0.252 e. The Hall–Kier alpha value is -3.24. The molecule has 5 rings (SSSR count). The highest BCUT2D eigenvalue weighted by atomic mass is 19.1. The second kappa shape index (κ2) is 10.2. The maximum absolute atomic E-state index is 14.9. The number of halogens is 1. The molecule has 1 saturated carbocycles. The molecule has 10 heteroatoms. The molecule has 1 amide bonds. The highest BCUT2D eigenvalue weighted by molar-refractivity contribution is 6.00. The number of pyridine rings is 1. The van der Waals surface area contributed by atoms with E-state index in [-0.39, 0.29) is 29.3 Å². The van der Waals surface area contributed by atoms with E-state index >= 15 is 0 Å². The summed E-state index contributed by atoms with van der Waals surface area (Å²) < 4.78 is 16.9. The maximum atomic E-state index is 14.9. The molecule has 3 aromatic rings. The Morgan fingerprint density at radius 3 is 2.69 bits per heavy atom. The van der Waals surface area contributed by atoms with E-state index in [4.69, 9.17) is 11.5 Å². The first-order valence-corrected chi connectivity index (χ1v) is 12.5. The molecule has 0 spiro atoms. The summed E-state index contributed by atoms with van der Waals surface area (Å²) in [6.45, 7) is 4.03. The third-order valence-corrected chi connectivity index (χ3v) is 7.15. The standard InChI is InChI=1S/C25H33FN8O/c26-18-14-16(23(28)35)24(32-25(18)31-21-7-2-1-6-19(21)27)30-20-8-5-9-22-17(20)15-29-34(22)13-12-33-10-3-4-11-33/h5,8-9,14-15,19,21H,1-4,6-7,10-13,27H2,(H2,28,35)(H2,30,31,32). The molecule has 1 aromatic carbocycles. The number of carbonyl (C=O) groups is 1. The Labute approximate surface area is 204 Å². The molecular weight excluding hydrogens is 447 g/mol. The molecule has 1 aliphatic carbocycles. The molecule has 2 unspecified atom stereocenters. The predicted octanol–water partition coefficient (Wildman–Crippen LogP) is 3.19. The highest BCUT2D eigenvalue weighted by Crippen LogP contribution is 2.30. The molecule has 6 N–H and O–H groups in total. The Morgan fingerprint density at radius 1 is 1.11 bits per heavy atom. The number of nitrogens with zero attached hydrogens (tertiary/aromatic N) is 4. The zero-order valence-electron chi connectivity index (χ0n) is 19.8. The van der Waals surface area contributed by atoms with Gasteiger partial charge in [0.2, 0.25) is 0 Å². The lowest BCUT2D eigenvalue weighted by Crippen LogP contribution is -2.43. The van der Waals surface area contributed by atoms with E-state index in [1.807, 2.05) is 22.9 Å². The van der Waals surface area contributed by atoms with Crippen LogP contribution in [0.3, 0.4) is 0 Å². The molecule has 9 nitrogen and oxygen atoms in total. The van der Waals surface area contributed by atoms with Crippen molar-refractivity contribution in [2.45, 2.75) is 57.2 Å². The first-order chi connectivity index (χ1) is 17.0. The van der Waals surface area contributed by atoms with Gasteiger partial charge in [0.25, 0.3) is 5.91 Å². The van der Waals surface area contributed by atoms with Crippen molar-refractivity contribution in [2.75, 3.05) is 30.3 Å². The summed E-state index contributed by atoms with van der Waals surface area (Å²) >= 11 is 0. The minimum Gasteiger partial charge on any atom is -0.365 e. The molecule has 2 aliphatic rings. The van der Waals surface area contributed by atoms with Crippen molar-refractivity contribution in [3.8, 4) is 0 Å². The largest absolute Gasteiger partial charge is 0.365 e. The third-order valence-electron chi connectivity index (χ3n) is 7.15. The fourth-order valence-electron chi connectivity index (χ4n) is 5.15. The Balaban J connectivity index is 1.42. The quantitative estimate of drug-likeness (QED) is 0.390. The molecule has 1 saturated heterocycles. The van der Waals surface area contributed by atoms with E-state index in [9.17, 15) is 9.18 Å². The van der Waals surface area contributed by atoms with Crippen LogP contribution in [-0.4, -0.2) is 57.3 Å². The zero-order valence-corrected chi connectivity index (χ0v) is 19.8. The summed E-state index contributed by atoms with van der Waals surface area (Å²) in [5, 5.41) is 11.8. The van der Waals surface area contributed by atoms with Crippen molar-refractivity contribution in [1.29, 1.82) is 0 Å². The van der Waals surface area contributed by atoms with Gasteiger partial charge in [-0.15, -0.1) is 0 Å². The second-order valence-electron chi connectivity index (χ2n) is 9.56. The smallest absolute Gasteiger partial charge is 0.252 e. The summed E-state index contributed by atoms with van der Waals surface area (Å²) in [7, 11) is 0. The van der Waals surface area contributed by atoms with E-state index in [2.05, 4.69) is 25.6 Å². The van der Waals surface area contributed by atoms with Crippen molar-refractivity contribution in [3.63, 3.8) is 0 Å². The van der Waals surface area contributed by atoms with Gasteiger partial charge in [0.05, 0.1) is 29.5 Å². The number of aromatic nitrogens is 3. The molecule has 2 aromatic heterocycles. The molecule has 1 aliphatic heterocycles. The van der Waals surface area contributed by atoms with Gasteiger partial charge in [0.1, 0.15) is 5.82 Å². The van der Waals surface area contributed by atoms with Crippen LogP contribution in [0.5, 0.6) is 0 Å². The van der Waals surface area contributed by atoms with Crippen LogP contribution in [0.15, 0.2) is 30.5 Å². The number of rotatable bonds is 8. The van der Waals surface area contributed by atoms with E-state index in [1.165, 1.54) is 12.8 Å². The number of carbonyl (C=O) groups excluding carboxylic acids is 1. The number of likely N-dealkylation sites (tertiary alicyclic amines) is 1. The van der Waals surface area contributed by atoms with Gasteiger partial charge in [-0.25, -0.2) is 9.37 Å². The summed E-state index contributed by atoms with van der Waals surface area (Å²) in [4.78, 5) is 19.0. The van der Waals surface area contributed by atoms with Gasteiger partial charge in [-0.05, 0) is 57.0 Å². The van der Waals surface area contributed by atoms with Gasteiger partial charge >= 0.3 is 0 Å². The van der Waals surface area contributed by atoms with Gasteiger partial charge in [-0.3, -0.25) is 9.48 Å². The number of nitrogens with two attached hydrogens (primary N) is 2. The average Bonchev–Trinajstić information content (AvgIpc) is 3.51. The molecule has 2 fully saturated rings. The summed E-state index contributed by atoms with van der Waals surface area (Å²) in [5.41, 5.74) is 13.5. The number of hydrogen-bond donors (Lipinski definition) is 4. The van der Waals surface area contributed by atoms with Crippen molar-refractivity contribution in [3.05, 3.63) is 41.8 Å². The zero-order chi connectivity index (χ0) is 24.4. The molecule has 35 heavy (non-hydrogen) atoms. The first-order valence-electron chi connectivity index (χ1n) is 12.5. The van der Waals surface area contributed by atoms with E-state index in [0.29, 0.717) is 0 Å². The van der Waals surface area contributed by atoms with E-state index < -0.39 is 11.7 Å².